The molecule has 18 heavy (non-hydrogen) atoms. The quantitative estimate of drug-likeness (QED) is 0.882. The largest absolute Gasteiger partial charge is 0.418 e. The topological polar surface area (TPSA) is 23.5 Å². The molecule has 1 aliphatic heterocycles. The number of anilines is 1. The number of piperidine rings is 1. The Kier molecular flexibility index (Phi) is 3.80. The molecule has 0 radical (unpaired) electrons. The van der Waals surface area contributed by atoms with Gasteiger partial charge in [-0.1, -0.05) is 12.1 Å². The molecular formula is C13H16F3NO. The van der Waals surface area contributed by atoms with Gasteiger partial charge in [0.1, 0.15) is 0 Å². The zero-order chi connectivity index (χ0) is 13.2. The lowest BCUT2D eigenvalue weighted by molar-refractivity contribution is -0.137. The summed E-state index contributed by atoms with van der Waals surface area (Å²) in [5, 5.41) is 9.29. The molecule has 2 nitrogen and oxygen atoms in total. The fraction of sp³-hybridized carbons (Fsp3) is 0.538. The van der Waals surface area contributed by atoms with Crippen molar-refractivity contribution >= 4 is 5.69 Å². The second-order valence-corrected chi connectivity index (χ2v) is 4.54. The van der Waals surface area contributed by atoms with Gasteiger partial charge >= 0.3 is 6.18 Å². The van der Waals surface area contributed by atoms with Crippen LogP contribution in [0.3, 0.4) is 0 Å². The number of hydrogen-bond acceptors (Lipinski definition) is 2. The minimum atomic E-state index is -4.35. The van der Waals surface area contributed by atoms with Crippen molar-refractivity contribution in [1.82, 2.24) is 0 Å². The number of benzene rings is 1. The molecule has 0 saturated carbocycles. The highest BCUT2D eigenvalue weighted by Crippen LogP contribution is 2.38. The molecule has 0 spiro atoms. The normalized spacial score (nSPS) is 21.1. The van der Waals surface area contributed by atoms with Crippen LogP contribution in [0.4, 0.5) is 18.9 Å². The van der Waals surface area contributed by atoms with E-state index in [9.17, 15) is 18.3 Å². The molecule has 0 aliphatic carbocycles. The molecule has 1 aromatic rings. The van der Waals surface area contributed by atoms with E-state index in [1.807, 2.05) is 0 Å². The molecule has 0 amide bonds. The van der Waals surface area contributed by atoms with Crippen molar-refractivity contribution in [3.63, 3.8) is 0 Å². The first kappa shape index (κ1) is 13.2. The Balaban J connectivity index is 2.37. The van der Waals surface area contributed by atoms with Gasteiger partial charge in [-0.25, -0.2) is 0 Å². The second kappa shape index (κ2) is 5.18. The SMILES string of the molecule is OCC1CCCCN1c1ccccc1C(F)(F)F. The highest BCUT2D eigenvalue weighted by atomic mass is 19.4. The fourth-order valence-corrected chi connectivity index (χ4v) is 2.47. The van der Waals surface area contributed by atoms with Crippen LogP contribution in [-0.2, 0) is 6.18 Å². The minimum Gasteiger partial charge on any atom is -0.394 e. The van der Waals surface area contributed by atoms with E-state index in [4.69, 9.17) is 0 Å². The molecular weight excluding hydrogens is 243 g/mol. The van der Waals surface area contributed by atoms with Crippen molar-refractivity contribution in [1.29, 1.82) is 0 Å². The van der Waals surface area contributed by atoms with Gasteiger partial charge in [0, 0.05) is 12.2 Å². The van der Waals surface area contributed by atoms with Crippen LogP contribution in [0, 0.1) is 0 Å². The van der Waals surface area contributed by atoms with Crippen molar-refractivity contribution in [2.75, 3.05) is 18.1 Å². The first-order chi connectivity index (χ1) is 8.54. The molecule has 5 heteroatoms. The maximum absolute atomic E-state index is 12.9. The van der Waals surface area contributed by atoms with Gasteiger partial charge in [0.15, 0.2) is 0 Å². The summed E-state index contributed by atoms with van der Waals surface area (Å²) in [6.45, 7) is 0.463. The number of alkyl halides is 3. The lowest BCUT2D eigenvalue weighted by atomic mass is 10.00. The first-order valence-corrected chi connectivity index (χ1v) is 6.08. The zero-order valence-corrected chi connectivity index (χ0v) is 9.95. The average molecular weight is 259 g/mol. The van der Waals surface area contributed by atoms with Gasteiger partial charge in [-0.15, -0.1) is 0 Å². The maximum atomic E-state index is 12.9. The summed E-state index contributed by atoms with van der Waals surface area (Å²) >= 11 is 0. The van der Waals surface area contributed by atoms with Gasteiger partial charge in [0.2, 0.25) is 0 Å². The van der Waals surface area contributed by atoms with Crippen molar-refractivity contribution in [2.24, 2.45) is 0 Å². The predicted octanol–water partition coefficient (Wildman–Crippen LogP) is 3.06. The second-order valence-electron chi connectivity index (χ2n) is 4.54. The lowest BCUT2D eigenvalue weighted by Gasteiger charge is -2.37. The van der Waals surface area contributed by atoms with Crippen molar-refractivity contribution in [3.8, 4) is 0 Å². The monoisotopic (exact) mass is 259 g/mol. The van der Waals surface area contributed by atoms with E-state index in [0.717, 1.165) is 25.3 Å². The fourth-order valence-electron chi connectivity index (χ4n) is 2.47. The molecule has 1 aromatic carbocycles. The smallest absolute Gasteiger partial charge is 0.394 e. The van der Waals surface area contributed by atoms with E-state index in [1.54, 1.807) is 11.0 Å². The molecule has 1 saturated heterocycles. The van der Waals surface area contributed by atoms with E-state index in [-0.39, 0.29) is 18.3 Å². The Labute approximate surface area is 104 Å². The highest BCUT2D eigenvalue weighted by Gasteiger charge is 2.36. The van der Waals surface area contributed by atoms with Crippen molar-refractivity contribution < 1.29 is 18.3 Å². The van der Waals surface area contributed by atoms with E-state index in [1.165, 1.54) is 12.1 Å². The Morgan fingerprint density at radius 2 is 1.94 bits per heavy atom. The Morgan fingerprint density at radius 3 is 2.61 bits per heavy atom. The minimum absolute atomic E-state index is 0.105. The summed E-state index contributed by atoms with van der Waals surface area (Å²) in [6, 6.07) is 5.37. The van der Waals surface area contributed by atoms with Crippen molar-refractivity contribution in [2.45, 2.75) is 31.5 Å². The van der Waals surface area contributed by atoms with Crippen LogP contribution in [0.2, 0.25) is 0 Å². The lowest BCUT2D eigenvalue weighted by Crippen LogP contribution is -2.42. The average Bonchev–Trinajstić information content (AvgIpc) is 2.37. The standard InChI is InChI=1S/C13H16F3NO/c14-13(15,16)11-6-1-2-7-12(11)17-8-4-3-5-10(17)9-18/h1-2,6-7,10,18H,3-5,8-9H2. The molecule has 1 N–H and O–H groups in total. The number of rotatable bonds is 2. The van der Waals surface area contributed by atoms with E-state index >= 15 is 0 Å². The summed E-state index contributed by atoms with van der Waals surface area (Å²) in [6.07, 6.45) is -1.80. The molecule has 1 fully saturated rings. The highest BCUT2D eigenvalue weighted by molar-refractivity contribution is 5.56. The Hall–Kier alpha value is -1.23. The molecule has 0 aromatic heterocycles. The third kappa shape index (κ3) is 2.61. The van der Waals surface area contributed by atoms with Gasteiger partial charge in [-0.05, 0) is 31.4 Å². The number of nitrogens with zero attached hydrogens (tertiary/aromatic N) is 1. The van der Waals surface area contributed by atoms with Gasteiger partial charge in [0.25, 0.3) is 0 Å². The molecule has 100 valence electrons. The molecule has 1 aliphatic rings. The van der Waals surface area contributed by atoms with Gasteiger partial charge in [-0.3, -0.25) is 0 Å². The van der Waals surface area contributed by atoms with Gasteiger partial charge in [0.05, 0.1) is 18.2 Å². The van der Waals surface area contributed by atoms with Gasteiger partial charge in [-0.2, -0.15) is 13.2 Å². The summed E-state index contributed by atoms with van der Waals surface area (Å²) in [4.78, 5) is 1.69. The summed E-state index contributed by atoms with van der Waals surface area (Å²) < 4.78 is 38.8. The maximum Gasteiger partial charge on any atom is 0.418 e. The van der Waals surface area contributed by atoms with Crippen LogP contribution in [0.25, 0.3) is 0 Å². The van der Waals surface area contributed by atoms with Crippen LogP contribution >= 0.6 is 0 Å². The van der Waals surface area contributed by atoms with E-state index in [2.05, 4.69) is 0 Å². The van der Waals surface area contributed by atoms with Gasteiger partial charge < -0.3 is 10.0 Å². The van der Waals surface area contributed by atoms with Crippen LogP contribution in [0.5, 0.6) is 0 Å². The molecule has 1 unspecified atom stereocenters. The number of para-hydroxylation sites is 1. The third-order valence-corrected chi connectivity index (χ3v) is 3.36. The molecule has 1 heterocycles. The van der Waals surface area contributed by atoms with Crippen molar-refractivity contribution in [3.05, 3.63) is 29.8 Å². The summed E-state index contributed by atoms with van der Waals surface area (Å²) in [5.74, 6) is 0. The molecule has 2 rings (SSSR count). The number of aliphatic hydroxyl groups is 1. The molecule has 1 atom stereocenters. The Bertz CT molecular complexity index is 405. The van der Waals surface area contributed by atoms with Crippen LogP contribution in [-0.4, -0.2) is 24.3 Å². The van der Waals surface area contributed by atoms with E-state index in [0.29, 0.717) is 6.54 Å². The summed E-state index contributed by atoms with van der Waals surface area (Å²) in [7, 11) is 0. The van der Waals surface area contributed by atoms with Crippen LogP contribution < -0.4 is 4.90 Å². The van der Waals surface area contributed by atoms with Crippen LogP contribution in [0.15, 0.2) is 24.3 Å². The number of halogens is 3. The third-order valence-electron chi connectivity index (χ3n) is 3.36. The summed E-state index contributed by atoms with van der Waals surface area (Å²) in [5.41, 5.74) is -0.436. The number of hydrogen-bond donors (Lipinski definition) is 1. The predicted molar refractivity (Wildman–Crippen MR) is 63.5 cm³/mol. The Morgan fingerprint density at radius 1 is 1.22 bits per heavy atom. The zero-order valence-electron chi connectivity index (χ0n) is 9.95. The number of aliphatic hydroxyl groups excluding tert-OH is 1. The van der Waals surface area contributed by atoms with E-state index < -0.39 is 11.7 Å². The van der Waals surface area contributed by atoms with Crippen LogP contribution in [0.1, 0.15) is 24.8 Å². The molecule has 0 bridgehead atoms. The first-order valence-electron chi connectivity index (χ1n) is 6.08.